The van der Waals surface area contributed by atoms with Crippen LogP contribution in [0.5, 0.6) is 0 Å². The van der Waals surface area contributed by atoms with Gasteiger partial charge in [0, 0.05) is 37.9 Å². The lowest BCUT2D eigenvalue weighted by molar-refractivity contribution is 0.253. The van der Waals surface area contributed by atoms with Gasteiger partial charge >= 0.3 is 6.03 Å². The van der Waals surface area contributed by atoms with Crippen molar-refractivity contribution in [2.75, 3.05) is 25.5 Å². The number of hydrogen-bond donors (Lipinski definition) is 2. The lowest BCUT2D eigenvalue weighted by atomic mass is 10.2. The highest BCUT2D eigenvalue weighted by Crippen LogP contribution is 2.19. The van der Waals surface area contributed by atoms with Gasteiger partial charge in [-0.25, -0.2) is 13.9 Å². The molecule has 30 heavy (non-hydrogen) atoms. The van der Waals surface area contributed by atoms with E-state index in [0.717, 1.165) is 17.7 Å². The summed E-state index contributed by atoms with van der Waals surface area (Å²) in [5.41, 5.74) is 2.50. The number of aryl methyl sites for hydroxylation is 1. The highest BCUT2D eigenvalue weighted by atomic mass is 19.1. The van der Waals surface area contributed by atoms with Crippen LogP contribution in [0.4, 0.5) is 14.9 Å². The lowest BCUT2D eigenvalue weighted by Crippen LogP contribution is -2.28. The quantitative estimate of drug-likeness (QED) is 0.559. The maximum atomic E-state index is 12.9. The van der Waals surface area contributed by atoms with Crippen LogP contribution in [0.3, 0.4) is 0 Å². The van der Waals surface area contributed by atoms with E-state index < -0.39 is 0 Å². The van der Waals surface area contributed by atoms with E-state index in [2.05, 4.69) is 31.1 Å². The predicted molar refractivity (Wildman–Crippen MR) is 113 cm³/mol. The van der Waals surface area contributed by atoms with Crippen LogP contribution in [-0.2, 0) is 13.6 Å². The number of carbonyl (C=O) groups is 1. The minimum absolute atomic E-state index is 0.233. The first-order valence-electron chi connectivity index (χ1n) is 9.47. The molecule has 2 N–H and O–H groups in total. The van der Waals surface area contributed by atoms with Gasteiger partial charge in [0.15, 0.2) is 5.82 Å². The molecule has 2 amide bonds. The number of nitrogens with one attached hydrogen (secondary N) is 2. The number of urea groups is 1. The van der Waals surface area contributed by atoms with Gasteiger partial charge in [0.25, 0.3) is 0 Å². The largest absolute Gasteiger partial charge is 0.334 e. The van der Waals surface area contributed by atoms with Gasteiger partial charge in [0.2, 0.25) is 0 Å². The second-order valence-corrected chi connectivity index (χ2v) is 6.84. The summed E-state index contributed by atoms with van der Waals surface area (Å²) in [5, 5.41) is 17.0. The van der Waals surface area contributed by atoms with Crippen molar-refractivity contribution in [2.24, 2.45) is 7.05 Å². The maximum absolute atomic E-state index is 12.9. The highest BCUT2D eigenvalue weighted by molar-refractivity contribution is 5.90. The number of aromatic nitrogens is 4. The zero-order chi connectivity index (χ0) is 21.3. The third-order valence-corrected chi connectivity index (χ3v) is 4.33. The minimum atomic E-state index is -0.299. The molecule has 0 aliphatic carbocycles. The van der Waals surface area contributed by atoms with Gasteiger partial charge in [-0.1, -0.05) is 36.4 Å². The van der Waals surface area contributed by atoms with Crippen molar-refractivity contribution in [3.05, 3.63) is 72.1 Å². The van der Waals surface area contributed by atoms with Crippen molar-refractivity contribution in [1.29, 1.82) is 0 Å². The van der Waals surface area contributed by atoms with Crippen molar-refractivity contribution in [2.45, 2.75) is 6.54 Å². The van der Waals surface area contributed by atoms with E-state index in [4.69, 9.17) is 0 Å². The van der Waals surface area contributed by atoms with Crippen molar-refractivity contribution >= 4 is 11.7 Å². The predicted octanol–water partition coefficient (Wildman–Crippen LogP) is 2.83. The average molecular weight is 409 g/mol. The average Bonchev–Trinajstić information content (AvgIpc) is 3.15. The molecule has 0 saturated carbocycles. The van der Waals surface area contributed by atoms with Crippen LogP contribution in [0.15, 0.2) is 60.7 Å². The topological polar surface area (TPSA) is 88.0 Å². The van der Waals surface area contributed by atoms with E-state index in [0.29, 0.717) is 24.6 Å². The zero-order valence-electron chi connectivity index (χ0n) is 16.9. The molecule has 2 aromatic carbocycles. The van der Waals surface area contributed by atoms with Crippen LogP contribution < -0.4 is 10.6 Å². The van der Waals surface area contributed by atoms with Crippen LogP contribution in [0, 0.1) is 5.82 Å². The van der Waals surface area contributed by atoms with Gasteiger partial charge < -0.3 is 10.6 Å². The summed E-state index contributed by atoms with van der Waals surface area (Å²) in [4.78, 5) is 14.2. The van der Waals surface area contributed by atoms with E-state index in [1.54, 1.807) is 29.9 Å². The Hall–Kier alpha value is -3.59. The molecule has 3 rings (SSSR count). The SMILES string of the molecule is CN(CC=CCNC(=O)Nc1cccc(-c2nnnn2C)c1)Cc1ccc(F)cc1. The molecule has 0 atom stereocenters. The van der Waals surface area contributed by atoms with Gasteiger partial charge in [0.1, 0.15) is 5.82 Å². The number of rotatable bonds is 8. The number of tetrazole rings is 1. The van der Waals surface area contributed by atoms with Crippen LogP contribution in [0.1, 0.15) is 5.56 Å². The van der Waals surface area contributed by atoms with E-state index in [-0.39, 0.29) is 11.8 Å². The van der Waals surface area contributed by atoms with Crippen molar-refractivity contribution in [1.82, 2.24) is 30.4 Å². The first-order chi connectivity index (χ1) is 14.5. The minimum Gasteiger partial charge on any atom is -0.334 e. The van der Waals surface area contributed by atoms with Crippen molar-refractivity contribution in [3.8, 4) is 11.4 Å². The van der Waals surface area contributed by atoms with Gasteiger partial charge in [-0.15, -0.1) is 5.10 Å². The number of amides is 2. The monoisotopic (exact) mass is 409 g/mol. The summed E-state index contributed by atoms with van der Waals surface area (Å²) in [6.07, 6.45) is 3.87. The number of anilines is 1. The molecular weight excluding hydrogens is 385 g/mol. The first-order valence-corrected chi connectivity index (χ1v) is 9.47. The lowest BCUT2D eigenvalue weighted by Gasteiger charge is -2.14. The second-order valence-electron chi connectivity index (χ2n) is 6.84. The molecule has 0 saturated heterocycles. The van der Waals surface area contributed by atoms with Crippen LogP contribution in [-0.4, -0.2) is 51.3 Å². The van der Waals surface area contributed by atoms with E-state index in [9.17, 15) is 9.18 Å². The third-order valence-electron chi connectivity index (χ3n) is 4.33. The normalized spacial score (nSPS) is 11.2. The molecule has 1 aromatic heterocycles. The number of likely N-dealkylation sites (N-methyl/N-ethyl adjacent to an activating group) is 1. The molecule has 0 fully saturated rings. The number of carbonyl (C=O) groups excluding carboxylic acids is 1. The summed E-state index contributed by atoms with van der Waals surface area (Å²) in [5.74, 6) is 0.384. The number of hydrogen-bond acceptors (Lipinski definition) is 5. The number of halogens is 1. The standard InChI is InChI=1S/C21H24FN7O/c1-28(15-16-8-10-18(22)11-9-16)13-4-3-12-23-21(30)24-19-7-5-6-17(14-19)20-25-26-27-29(20)2/h3-11,14H,12-13,15H2,1-2H3,(H2,23,24,30). The molecule has 8 nitrogen and oxygen atoms in total. The van der Waals surface area contributed by atoms with Crippen LogP contribution >= 0.6 is 0 Å². The number of benzene rings is 2. The number of nitrogens with zero attached hydrogens (tertiary/aromatic N) is 5. The Morgan fingerprint density at radius 3 is 2.73 bits per heavy atom. The Balaban J connectivity index is 1.40. The molecule has 156 valence electrons. The molecule has 0 bridgehead atoms. The Labute approximate surface area is 174 Å². The molecule has 3 aromatic rings. The Kier molecular flexibility index (Phi) is 7.23. The van der Waals surface area contributed by atoms with Crippen LogP contribution in [0.2, 0.25) is 0 Å². The Morgan fingerprint density at radius 2 is 2.00 bits per heavy atom. The van der Waals surface area contributed by atoms with Crippen molar-refractivity contribution in [3.63, 3.8) is 0 Å². The molecule has 0 aliphatic heterocycles. The van der Waals surface area contributed by atoms with Gasteiger partial charge in [-0.2, -0.15) is 0 Å². The Bertz CT molecular complexity index is 1000. The zero-order valence-corrected chi connectivity index (χ0v) is 16.9. The second kappa shape index (κ2) is 10.3. The van der Waals surface area contributed by atoms with Gasteiger partial charge in [-0.05, 0) is 47.3 Å². The fourth-order valence-electron chi connectivity index (χ4n) is 2.84. The van der Waals surface area contributed by atoms with Gasteiger partial charge in [0.05, 0.1) is 0 Å². The molecule has 0 spiro atoms. The van der Waals surface area contributed by atoms with E-state index in [1.165, 1.54) is 12.1 Å². The summed E-state index contributed by atoms with van der Waals surface area (Å²) in [7, 11) is 3.74. The van der Waals surface area contributed by atoms with Crippen molar-refractivity contribution < 1.29 is 9.18 Å². The molecule has 0 aliphatic rings. The first kappa shape index (κ1) is 21.1. The summed E-state index contributed by atoms with van der Waals surface area (Å²) >= 11 is 0. The smallest absolute Gasteiger partial charge is 0.319 e. The third kappa shape index (κ3) is 6.21. The molecular formula is C21H24FN7O. The molecule has 0 unspecified atom stereocenters. The molecule has 9 heteroatoms. The summed E-state index contributed by atoms with van der Waals surface area (Å²) < 4.78 is 14.5. The van der Waals surface area contributed by atoms with E-state index >= 15 is 0 Å². The summed E-state index contributed by atoms with van der Waals surface area (Å²) in [6, 6.07) is 13.5. The van der Waals surface area contributed by atoms with Gasteiger partial charge in [-0.3, -0.25) is 4.90 Å². The van der Waals surface area contributed by atoms with E-state index in [1.807, 2.05) is 37.4 Å². The fraction of sp³-hybridized carbons (Fsp3) is 0.238. The van der Waals surface area contributed by atoms with Crippen LogP contribution in [0.25, 0.3) is 11.4 Å². The molecule has 1 heterocycles. The molecule has 0 radical (unpaired) electrons. The summed E-state index contributed by atoms with van der Waals surface area (Å²) in [6.45, 7) is 1.84. The maximum Gasteiger partial charge on any atom is 0.319 e. The highest BCUT2D eigenvalue weighted by Gasteiger charge is 2.07. The fourth-order valence-corrected chi connectivity index (χ4v) is 2.84. The Morgan fingerprint density at radius 1 is 1.20 bits per heavy atom.